The molecule has 0 aliphatic rings. The van der Waals surface area contributed by atoms with Gasteiger partial charge in [0.25, 0.3) is 5.91 Å². The van der Waals surface area contributed by atoms with E-state index in [0.717, 1.165) is 21.1 Å². The van der Waals surface area contributed by atoms with E-state index >= 15 is 0 Å². The van der Waals surface area contributed by atoms with E-state index in [-0.39, 0.29) is 11.7 Å². The van der Waals surface area contributed by atoms with Crippen LogP contribution >= 0.6 is 11.3 Å². The molecule has 4 rings (SSSR count). The summed E-state index contributed by atoms with van der Waals surface area (Å²) in [6, 6.07) is 9.32. The van der Waals surface area contributed by atoms with Crippen LogP contribution in [-0.4, -0.2) is 48.4 Å². The summed E-state index contributed by atoms with van der Waals surface area (Å²) in [4.78, 5) is 19.1. The Kier molecular flexibility index (Phi) is 6.45. The fourth-order valence-electron chi connectivity index (χ4n) is 3.44. The zero-order valence-corrected chi connectivity index (χ0v) is 19.5. The number of hydrogen-bond donors (Lipinski definition) is 1. The number of nitrogens with one attached hydrogen (secondary N) is 1. The van der Waals surface area contributed by atoms with E-state index in [4.69, 9.17) is 14.2 Å². The maximum Gasteiger partial charge on any atom is 0.251 e. The molecule has 1 N–H and O–H groups in total. The lowest BCUT2D eigenvalue weighted by Gasteiger charge is -2.14. The summed E-state index contributed by atoms with van der Waals surface area (Å²) in [5.74, 6) is 1.27. The second-order valence-corrected chi connectivity index (χ2v) is 8.23. The van der Waals surface area contributed by atoms with Crippen LogP contribution in [0, 0.1) is 12.7 Å². The van der Waals surface area contributed by atoms with Gasteiger partial charge in [0, 0.05) is 29.0 Å². The van der Waals surface area contributed by atoms with Crippen LogP contribution in [0.4, 0.5) is 4.39 Å². The number of amides is 1. The van der Waals surface area contributed by atoms with Crippen molar-refractivity contribution in [3.8, 4) is 28.6 Å². The highest BCUT2D eigenvalue weighted by molar-refractivity contribution is 7.17. The molecule has 0 aliphatic heterocycles. The summed E-state index contributed by atoms with van der Waals surface area (Å²) in [5.41, 5.74) is 2.12. The lowest BCUT2D eigenvalue weighted by Crippen LogP contribution is -2.25. The monoisotopic (exact) mass is 470 g/mol. The van der Waals surface area contributed by atoms with E-state index in [1.54, 1.807) is 28.8 Å². The second kappa shape index (κ2) is 9.45. The summed E-state index contributed by atoms with van der Waals surface area (Å²) < 4.78 is 30.9. The first kappa shape index (κ1) is 22.5. The molecule has 2 aromatic heterocycles. The summed E-state index contributed by atoms with van der Waals surface area (Å²) in [6.45, 7) is 2.40. The predicted octanol–water partition coefficient (Wildman–Crippen LogP) is 3.90. The van der Waals surface area contributed by atoms with Crippen molar-refractivity contribution in [2.45, 2.75) is 13.3 Å². The second-order valence-electron chi connectivity index (χ2n) is 7.17. The molecular weight excluding hydrogens is 447 g/mol. The number of thiazole rings is 1. The van der Waals surface area contributed by atoms with E-state index < -0.39 is 0 Å². The van der Waals surface area contributed by atoms with Crippen LogP contribution < -0.4 is 19.5 Å². The Balaban J connectivity index is 1.45. The van der Waals surface area contributed by atoms with Crippen LogP contribution in [0.5, 0.6) is 17.2 Å². The number of carbonyl (C=O) groups excluding carboxylic acids is 1. The average Bonchev–Trinajstić information content (AvgIpc) is 3.37. The van der Waals surface area contributed by atoms with Crippen molar-refractivity contribution in [3.63, 3.8) is 0 Å². The molecule has 172 valence electrons. The van der Waals surface area contributed by atoms with E-state index in [1.807, 2.05) is 6.92 Å². The first-order valence-corrected chi connectivity index (χ1v) is 11.0. The number of rotatable bonds is 8. The molecule has 0 saturated heterocycles. The van der Waals surface area contributed by atoms with Gasteiger partial charge in [0.1, 0.15) is 5.82 Å². The fraction of sp³-hybridized carbons (Fsp3) is 0.261. The third kappa shape index (κ3) is 4.47. The SMILES string of the molecule is COc1cc(C(=O)NCCc2sc3nc(-c4ccc(F)cc4)nn3c2C)cc(OC)c1OC. The summed E-state index contributed by atoms with van der Waals surface area (Å²) >= 11 is 1.51. The van der Waals surface area contributed by atoms with Crippen molar-refractivity contribution >= 4 is 22.2 Å². The molecule has 8 nitrogen and oxygen atoms in total. The van der Waals surface area contributed by atoms with Crippen LogP contribution in [0.25, 0.3) is 16.3 Å². The first-order valence-electron chi connectivity index (χ1n) is 10.1. The van der Waals surface area contributed by atoms with Crippen LogP contribution in [0.2, 0.25) is 0 Å². The van der Waals surface area contributed by atoms with Gasteiger partial charge in [0.05, 0.1) is 27.0 Å². The average molecular weight is 471 g/mol. The summed E-state index contributed by atoms with van der Waals surface area (Å²) in [5, 5.41) is 7.47. The molecule has 33 heavy (non-hydrogen) atoms. The minimum Gasteiger partial charge on any atom is -0.493 e. The van der Waals surface area contributed by atoms with Crippen molar-refractivity contribution in [2.75, 3.05) is 27.9 Å². The maximum absolute atomic E-state index is 13.2. The summed E-state index contributed by atoms with van der Waals surface area (Å²) in [7, 11) is 4.52. The topological polar surface area (TPSA) is 87.0 Å². The molecular formula is C23H23FN4O4S. The van der Waals surface area contributed by atoms with Crippen molar-refractivity contribution < 1.29 is 23.4 Å². The van der Waals surface area contributed by atoms with Gasteiger partial charge in [0.2, 0.25) is 10.7 Å². The van der Waals surface area contributed by atoms with Gasteiger partial charge in [0.15, 0.2) is 17.3 Å². The minimum atomic E-state index is -0.299. The zero-order chi connectivity index (χ0) is 23.5. The van der Waals surface area contributed by atoms with Crippen LogP contribution in [-0.2, 0) is 6.42 Å². The normalized spacial score (nSPS) is 10.9. The third-order valence-electron chi connectivity index (χ3n) is 5.18. The number of methoxy groups -OCH3 is 3. The van der Waals surface area contributed by atoms with Gasteiger partial charge in [-0.15, -0.1) is 5.10 Å². The van der Waals surface area contributed by atoms with Gasteiger partial charge in [-0.3, -0.25) is 4.79 Å². The molecule has 0 unspecified atom stereocenters. The number of benzene rings is 2. The fourth-order valence-corrected chi connectivity index (χ4v) is 4.50. The Labute approximate surface area is 193 Å². The predicted molar refractivity (Wildman–Crippen MR) is 123 cm³/mol. The summed E-state index contributed by atoms with van der Waals surface area (Å²) in [6.07, 6.45) is 0.629. The largest absolute Gasteiger partial charge is 0.493 e. The maximum atomic E-state index is 13.2. The molecule has 4 aromatic rings. The molecule has 0 bridgehead atoms. The number of hydrogen-bond acceptors (Lipinski definition) is 7. The molecule has 0 atom stereocenters. The van der Waals surface area contributed by atoms with Gasteiger partial charge in [-0.25, -0.2) is 8.91 Å². The molecule has 0 saturated carbocycles. The van der Waals surface area contributed by atoms with Gasteiger partial charge in [-0.05, 0) is 43.3 Å². The molecule has 0 spiro atoms. The highest BCUT2D eigenvalue weighted by atomic mass is 32.1. The highest BCUT2D eigenvalue weighted by Gasteiger charge is 2.18. The number of ether oxygens (including phenoxy) is 3. The van der Waals surface area contributed by atoms with Crippen LogP contribution in [0.3, 0.4) is 0 Å². The zero-order valence-electron chi connectivity index (χ0n) is 18.6. The Morgan fingerprint density at radius 2 is 1.76 bits per heavy atom. The first-order chi connectivity index (χ1) is 15.9. The standard InChI is InChI=1S/C23H23FN4O4S/c1-13-19(33-23-26-21(27-28(13)23)14-5-7-16(24)8-6-14)9-10-25-22(29)15-11-17(30-2)20(32-4)18(12-15)31-3/h5-8,11-12H,9-10H2,1-4H3,(H,25,29). The number of fused-ring (bicyclic) bond motifs is 1. The lowest BCUT2D eigenvalue weighted by atomic mass is 10.1. The van der Waals surface area contributed by atoms with Crippen LogP contribution in [0.1, 0.15) is 20.9 Å². The van der Waals surface area contributed by atoms with Crippen molar-refractivity contribution in [2.24, 2.45) is 0 Å². The molecule has 0 aliphatic carbocycles. The van der Waals surface area contributed by atoms with Gasteiger partial charge in [-0.1, -0.05) is 11.3 Å². The molecule has 0 fully saturated rings. The molecule has 10 heteroatoms. The van der Waals surface area contributed by atoms with E-state index in [9.17, 15) is 9.18 Å². The van der Waals surface area contributed by atoms with Crippen molar-refractivity contribution in [1.82, 2.24) is 19.9 Å². The Morgan fingerprint density at radius 3 is 2.33 bits per heavy atom. The Hall–Kier alpha value is -3.66. The van der Waals surface area contributed by atoms with Crippen molar-refractivity contribution in [1.29, 1.82) is 0 Å². The quantitative estimate of drug-likeness (QED) is 0.420. The van der Waals surface area contributed by atoms with Gasteiger partial charge < -0.3 is 19.5 Å². The minimum absolute atomic E-state index is 0.245. The molecule has 2 aromatic carbocycles. The van der Waals surface area contributed by atoms with E-state index in [0.29, 0.717) is 41.6 Å². The number of aryl methyl sites for hydroxylation is 1. The number of aromatic nitrogens is 3. The number of halogens is 1. The van der Waals surface area contributed by atoms with Crippen molar-refractivity contribution in [3.05, 3.63) is 58.3 Å². The van der Waals surface area contributed by atoms with Gasteiger partial charge >= 0.3 is 0 Å². The molecule has 2 heterocycles. The highest BCUT2D eigenvalue weighted by Crippen LogP contribution is 2.38. The number of carbonyl (C=O) groups is 1. The van der Waals surface area contributed by atoms with Crippen LogP contribution in [0.15, 0.2) is 36.4 Å². The smallest absolute Gasteiger partial charge is 0.251 e. The molecule has 0 radical (unpaired) electrons. The Bertz CT molecular complexity index is 1280. The third-order valence-corrected chi connectivity index (χ3v) is 6.37. The Morgan fingerprint density at radius 1 is 1.09 bits per heavy atom. The van der Waals surface area contributed by atoms with Gasteiger partial charge in [-0.2, -0.15) is 4.98 Å². The molecule has 1 amide bonds. The number of nitrogens with zero attached hydrogens (tertiary/aromatic N) is 3. The lowest BCUT2D eigenvalue weighted by molar-refractivity contribution is 0.0953. The van der Waals surface area contributed by atoms with E-state index in [1.165, 1.54) is 44.8 Å². The van der Waals surface area contributed by atoms with E-state index in [2.05, 4.69) is 15.4 Å².